The van der Waals surface area contributed by atoms with Crippen LogP contribution in [-0.2, 0) is 6.42 Å². The summed E-state index contributed by atoms with van der Waals surface area (Å²) < 4.78 is 48.5. The van der Waals surface area contributed by atoms with Crippen LogP contribution in [0, 0.1) is 17.7 Å². The minimum atomic E-state index is -3.34. The van der Waals surface area contributed by atoms with E-state index in [4.69, 9.17) is 4.74 Å². The van der Waals surface area contributed by atoms with Crippen LogP contribution in [0.4, 0.5) is 13.2 Å². The number of ether oxygens (including phenoxy) is 1. The molecule has 0 bridgehead atoms. The molecule has 0 amide bonds. The van der Waals surface area contributed by atoms with E-state index in [9.17, 15) is 13.2 Å². The van der Waals surface area contributed by atoms with E-state index < -0.39 is 17.8 Å². The van der Waals surface area contributed by atoms with Crippen molar-refractivity contribution in [3.05, 3.63) is 41.7 Å². The lowest BCUT2D eigenvalue weighted by Gasteiger charge is -2.33. The second-order valence-electron chi connectivity index (χ2n) is 7.49. The summed E-state index contributed by atoms with van der Waals surface area (Å²) in [6.45, 7) is 4.14. The Kier molecular flexibility index (Phi) is 5.79. The summed E-state index contributed by atoms with van der Waals surface area (Å²) in [5.41, 5.74) is 1.08. The standard InChI is InChI=1S/C22H27F3O/c1-3-5-16-7-10-19(11-8-16)22(24,25)26-21-14-17-9-6-15(4-2)12-18(17)13-20(21)23/h6,9,12-14,16,19H,3-5,7-8,10-11H2,1-2H3. The Labute approximate surface area is 153 Å². The molecule has 1 aliphatic rings. The highest BCUT2D eigenvalue weighted by molar-refractivity contribution is 5.84. The maximum Gasteiger partial charge on any atom is 0.400 e. The van der Waals surface area contributed by atoms with Crippen molar-refractivity contribution in [1.29, 1.82) is 0 Å². The highest BCUT2D eigenvalue weighted by Gasteiger charge is 2.44. The number of fused-ring (bicyclic) bond motifs is 1. The lowest BCUT2D eigenvalue weighted by atomic mass is 9.79. The van der Waals surface area contributed by atoms with Gasteiger partial charge in [0.05, 0.1) is 5.92 Å². The summed E-state index contributed by atoms with van der Waals surface area (Å²) in [5.74, 6) is -1.39. The van der Waals surface area contributed by atoms with Gasteiger partial charge >= 0.3 is 6.11 Å². The first-order valence-electron chi connectivity index (χ1n) is 9.72. The molecule has 0 spiro atoms. The van der Waals surface area contributed by atoms with Crippen LogP contribution in [0.15, 0.2) is 30.3 Å². The van der Waals surface area contributed by atoms with Crippen molar-refractivity contribution in [3.8, 4) is 5.75 Å². The van der Waals surface area contributed by atoms with E-state index in [1.54, 1.807) is 0 Å². The van der Waals surface area contributed by atoms with E-state index in [-0.39, 0.29) is 5.75 Å². The number of halogens is 3. The van der Waals surface area contributed by atoms with Crippen molar-refractivity contribution >= 4 is 10.8 Å². The first-order chi connectivity index (χ1) is 12.4. The highest BCUT2D eigenvalue weighted by atomic mass is 19.3. The van der Waals surface area contributed by atoms with Gasteiger partial charge in [-0.15, -0.1) is 0 Å². The van der Waals surface area contributed by atoms with E-state index in [0.717, 1.165) is 37.7 Å². The number of hydrogen-bond donors (Lipinski definition) is 0. The number of hydrogen-bond acceptors (Lipinski definition) is 1. The molecule has 0 aliphatic heterocycles. The van der Waals surface area contributed by atoms with E-state index in [1.807, 2.05) is 25.1 Å². The van der Waals surface area contributed by atoms with Gasteiger partial charge in [0.25, 0.3) is 0 Å². The molecule has 2 aromatic rings. The molecule has 2 aromatic carbocycles. The zero-order valence-electron chi connectivity index (χ0n) is 15.5. The van der Waals surface area contributed by atoms with Gasteiger partial charge in [0.1, 0.15) is 0 Å². The van der Waals surface area contributed by atoms with E-state index in [2.05, 4.69) is 6.92 Å². The van der Waals surface area contributed by atoms with Crippen molar-refractivity contribution < 1.29 is 17.9 Å². The van der Waals surface area contributed by atoms with Gasteiger partial charge in [-0.25, -0.2) is 4.39 Å². The van der Waals surface area contributed by atoms with Crippen molar-refractivity contribution in [2.24, 2.45) is 11.8 Å². The molecule has 0 N–H and O–H groups in total. The quantitative estimate of drug-likeness (QED) is 0.530. The molecule has 1 aliphatic carbocycles. The summed E-state index contributed by atoms with van der Waals surface area (Å²) in [6, 6.07) is 8.32. The Morgan fingerprint density at radius 3 is 2.38 bits per heavy atom. The lowest BCUT2D eigenvalue weighted by Crippen LogP contribution is -2.37. The number of rotatable bonds is 6. The van der Waals surface area contributed by atoms with Crippen molar-refractivity contribution in [2.45, 2.75) is 64.9 Å². The molecule has 0 unspecified atom stereocenters. The van der Waals surface area contributed by atoms with Crippen molar-refractivity contribution in [3.63, 3.8) is 0 Å². The molecular weight excluding hydrogens is 337 g/mol. The molecule has 26 heavy (non-hydrogen) atoms. The van der Waals surface area contributed by atoms with Gasteiger partial charge < -0.3 is 4.74 Å². The molecule has 3 rings (SSSR count). The Morgan fingerprint density at radius 1 is 1.00 bits per heavy atom. The normalized spacial score (nSPS) is 21.1. The van der Waals surface area contributed by atoms with Crippen LogP contribution in [0.3, 0.4) is 0 Å². The molecule has 1 fully saturated rings. The van der Waals surface area contributed by atoms with Crippen LogP contribution >= 0.6 is 0 Å². The van der Waals surface area contributed by atoms with E-state index in [0.29, 0.717) is 29.5 Å². The van der Waals surface area contributed by atoms with Gasteiger partial charge in [-0.2, -0.15) is 8.78 Å². The topological polar surface area (TPSA) is 9.23 Å². The molecule has 1 nitrogen and oxygen atoms in total. The Morgan fingerprint density at radius 2 is 1.73 bits per heavy atom. The van der Waals surface area contributed by atoms with Crippen LogP contribution in [0.25, 0.3) is 10.8 Å². The fourth-order valence-corrected chi connectivity index (χ4v) is 4.02. The molecule has 0 aromatic heterocycles. The third-order valence-electron chi connectivity index (χ3n) is 5.63. The first-order valence-corrected chi connectivity index (χ1v) is 9.72. The number of aryl methyl sites for hydroxylation is 1. The molecule has 0 radical (unpaired) electrons. The maximum atomic E-state index is 14.6. The monoisotopic (exact) mass is 364 g/mol. The van der Waals surface area contributed by atoms with Crippen LogP contribution in [0.1, 0.15) is 57.9 Å². The third kappa shape index (κ3) is 4.16. The largest absolute Gasteiger partial charge is 0.429 e. The number of benzene rings is 2. The van der Waals surface area contributed by atoms with Gasteiger partial charge in [0.2, 0.25) is 0 Å². The van der Waals surface area contributed by atoms with Gasteiger partial charge in [-0.05, 0) is 66.5 Å². The predicted octanol–water partition coefficient (Wildman–Crippen LogP) is 7.12. The molecule has 4 heteroatoms. The SMILES string of the molecule is CCCC1CCC(C(F)(F)Oc2cc3ccc(CC)cc3cc2F)CC1. The zero-order chi connectivity index (χ0) is 18.7. The van der Waals surface area contributed by atoms with Crippen molar-refractivity contribution in [2.75, 3.05) is 0 Å². The minimum absolute atomic E-state index is 0.359. The minimum Gasteiger partial charge on any atom is -0.429 e. The molecule has 0 heterocycles. The van der Waals surface area contributed by atoms with Gasteiger partial charge in [-0.3, -0.25) is 0 Å². The molecule has 0 atom stereocenters. The summed E-state index contributed by atoms with van der Waals surface area (Å²) in [5, 5.41) is 1.42. The Bertz CT molecular complexity index is 748. The second-order valence-corrected chi connectivity index (χ2v) is 7.49. The predicted molar refractivity (Wildman–Crippen MR) is 99.2 cm³/mol. The van der Waals surface area contributed by atoms with Crippen LogP contribution in [-0.4, -0.2) is 6.11 Å². The van der Waals surface area contributed by atoms with Gasteiger partial charge in [0, 0.05) is 0 Å². The summed E-state index contributed by atoms with van der Waals surface area (Å²) >= 11 is 0. The van der Waals surface area contributed by atoms with Crippen molar-refractivity contribution in [1.82, 2.24) is 0 Å². The zero-order valence-corrected chi connectivity index (χ0v) is 15.5. The summed E-state index contributed by atoms with van der Waals surface area (Å²) in [6.07, 6.45) is 2.17. The van der Waals surface area contributed by atoms with Gasteiger partial charge in [0.15, 0.2) is 11.6 Å². The molecular formula is C22H27F3O. The first kappa shape index (κ1) is 19.1. The third-order valence-corrected chi connectivity index (χ3v) is 5.63. The Balaban J connectivity index is 1.75. The summed E-state index contributed by atoms with van der Waals surface area (Å²) in [7, 11) is 0. The average Bonchev–Trinajstić information content (AvgIpc) is 2.62. The summed E-state index contributed by atoms with van der Waals surface area (Å²) in [4.78, 5) is 0. The number of alkyl halides is 2. The molecule has 0 saturated heterocycles. The fraction of sp³-hybridized carbons (Fsp3) is 0.545. The highest BCUT2D eigenvalue weighted by Crippen LogP contribution is 2.42. The molecule has 142 valence electrons. The maximum absolute atomic E-state index is 14.6. The van der Waals surface area contributed by atoms with Crippen LogP contribution < -0.4 is 4.74 Å². The molecule has 1 saturated carbocycles. The second kappa shape index (κ2) is 7.89. The van der Waals surface area contributed by atoms with E-state index in [1.165, 1.54) is 12.1 Å². The van der Waals surface area contributed by atoms with Crippen LogP contribution in [0.2, 0.25) is 0 Å². The Hall–Kier alpha value is -1.71. The smallest absolute Gasteiger partial charge is 0.400 e. The van der Waals surface area contributed by atoms with Crippen LogP contribution in [0.5, 0.6) is 5.75 Å². The lowest BCUT2D eigenvalue weighted by molar-refractivity contribution is -0.224. The average molecular weight is 364 g/mol. The van der Waals surface area contributed by atoms with Gasteiger partial charge in [-0.1, -0.05) is 44.9 Å². The fourth-order valence-electron chi connectivity index (χ4n) is 4.02. The van der Waals surface area contributed by atoms with E-state index >= 15 is 0 Å².